The molecule has 0 aliphatic rings. The second-order valence-corrected chi connectivity index (χ2v) is 4.42. The summed E-state index contributed by atoms with van der Waals surface area (Å²) < 4.78 is 13.3. The lowest BCUT2D eigenvalue weighted by Crippen LogP contribution is -2.27. The van der Waals surface area contributed by atoms with E-state index in [1.807, 2.05) is 13.0 Å². The maximum Gasteiger partial charge on any atom is 0.123 e. The smallest absolute Gasteiger partial charge is 0.123 e. The van der Waals surface area contributed by atoms with E-state index in [-0.39, 0.29) is 11.9 Å². The van der Waals surface area contributed by atoms with Crippen molar-refractivity contribution in [1.82, 2.24) is 5.32 Å². The second-order valence-electron chi connectivity index (χ2n) is 4.42. The standard InChI is InChI=1S/C14H22FN/c1-5-10(3)14(16-6-2)13-9-12(15)8-7-11(13)4/h7-10,14,16H,5-6H2,1-4H3. The molecule has 0 saturated heterocycles. The van der Waals surface area contributed by atoms with E-state index in [4.69, 9.17) is 0 Å². The van der Waals surface area contributed by atoms with E-state index in [0.29, 0.717) is 5.92 Å². The van der Waals surface area contributed by atoms with E-state index in [0.717, 1.165) is 24.1 Å². The zero-order valence-corrected chi connectivity index (χ0v) is 10.7. The van der Waals surface area contributed by atoms with Crippen LogP contribution in [0.5, 0.6) is 0 Å². The minimum Gasteiger partial charge on any atom is -0.310 e. The van der Waals surface area contributed by atoms with Gasteiger partial charge in [-0.2, -0.15) is 0 Å². The summed E-state index contributed by atoms with van der Waals surface area (Å²) in [6, 6.07) is 5.30. The number of rotatable bonds is 5. The van der Waals surface area contributed by atoms with Crippen molar-refractivity contribution in [2.24, 2.45) is 5.92 Å². The third-order valence-corrected chi connectivity index (χ3v) is 3.21. The Bertz CT molecular complexity index is 336. The zero-order valence-electron chi connectivity index (χ0n) is 10.7. The third kappa shape index (κ3) is 3.05. The molecular formula is C14H22FN. The number of benzene rings is 1. The molecular weight excluding hydrogens is 201 g/mol. The molecule has 0 aromatic heterocycles. The summed E-state index contributed by atoms with van der Waals surface area (Å²) in [5.41, 5.74) is 2.25. The zero-order chi connectivity index (χ0) is 12.1. The number of nitrogens with one attached hydrogen (secondary N) is 1. The van der Waals surface area contributed by atoms with Gasteiger partial charge in [-0.1, -0.05) is 33.3 Å². The molecule has 1 nitrogen and oxygen atoms in total. The normalized spacial score (nSPS) is 14.8. The van der Waals surface area contributed by atoms with Gasteiger partial charge in [0.05, 0.1) is 0 Å². The van der Waals surface area contributed by atoms with Crippen molar-refractivity contribution in [1.29, 1.82) is 0 Å². The van der Waals surface area contributed by atoms with E-state index in [1.165, 1.54) is 6.07 Å². The molecule has 2 atom stereocenters. The highest BCUT2D eigenvalue weighted by molar-refractivity contribution is 5.30. The Hall–Kier alpha value is -0.890. The maximum absolute atomic E-state index is 13.3. The molecule has 0 amide bonds. The fourth-order valence-electron chi connectivity index (χ4n) is 2.02. The Morgan fingerprint density at radius 1 is 1.31 bits per heavy atom. The van der Waals surface area contributed by atoms with Gasteiger partial charge in [-0.25, -0.2) is 4.39 Å². The van der Waals surface area contributed by atoms with Crippen LogP contribution in [-0.4, -0.2) is 6.54 Å². The molecule has 0 aliphatic carbocycles. The predicted molar refractivity (Wildman–Crippen MR) is 67.0 cm³/mol. The molecule has 1 aromatic carbocycles. The van der Waals surface area contributed by atoms with Crippen LogP contribution in [0.2, 0.25) is 0 Å². The van der Waals surface area contributed by atoms with Crippen LogP contribution >= 0.6 is 0 Å². The Morgan fingerprint density at radius 2 is 2.00 bits per heavy atom. The summed E-state index contributed by atoms with van der Waals surface area (Å²) in [4.78, 5) is 0. The Labute approximate surface area is 98.1 Å². The molecule has 16 heavy (non-hydrogen) atoms. The molecule has 0 heterocycles. The van der Waals surface area contributed by atoms with Gasteiger partial charge < -0.3 is 5.32 Å². The summed E-state index contributed by atoms with van der Waals surface area (Å²) in [7, 11) is 0. The van der Waals surface area contributed by atoms with Crippen LogP contribution in [0.25, 0.3) is 0 Å². The lowest BCUT2D eigenvalue weighted by molar-refractivity contribution is 0.381. The highest BCUT2D eigenvalue weighted by atomic mass is 19.1. The van der Waals surface area contributed by atoms with E-state index < -0.39 is 0 Å². The van der Waals surface area contributed by atoms with Crippen LogP contribution in [0.15, 0.2) is 18.2 Å². The molecule has 0 spiro atoms. The summed E-state index contributed by atoms with van der Waals surface area (Å²) in [5.74, 6) is 0.368. The van der Waals surface area contributed by atoms with Crippen molar-refractivity contribution in [3.63, 3.8) is 0 Å². The first-order chi connectivity index (χ1) is 7.60. The minimum absolute atomic E-state index is 0.146. The Kier molecular flexibility index (Phi) is 4.94. The van der Waals surface area contributed by atoms with Crippen molar-refractivity contribution in [2.75, 3.05) is 6.54 Å². The molecule has 1 rings (SSSR count). The fourth-order valence-corrected chi connectivity index (χ4v) is 2.02. The molecule has 0 saturated carbocycles. The fraction of sp³-hybridized carbons (Fsp3) is 0.571. The van der Waals surface area contributed by atoms with Crippen LogP contribution in [-0.2, 0) is 0 Å². The van der Waals surface area contributed by atoms with Gasteiger partial charge in [0.25, 0.3) is 0 Å². The second kappa shape index (κ2) is 6.00. The lowest BCUT2D eigenvalue weighted by Gasteiger charge is -2.26. The average molecular weight is 223 g/mol. The van der Waals surface area contributed by atoms with Gasteiger partial charge in [0.1, 0.15) is 5.82 Å². The third-order valence-electron chi connectivity index (χ3n) is 3.21. The largest absolute Gasteiger partial charge is 0.310 e. The van der Waals surface area contributed by atoms with Crippen molar-refractivity contribution < 1.29 is 4.39 Å². The predicted octanol–water partition coefficient (Wildman–Crippen LogP) is 3.83. The molecule has 2 unspecified atom stereocenters. The SMILES string of the molecule is CCNC(c1cc(F)ccc1C)C(C)CC. The maximum atomic E-state index is 13.3. The van der Waals surface area contributed by atoms with Gasteiger partial charge in [0.15, 0.2) is 0 Å². The molecule has 1 N–H and O–H groups in total. The van der Waals surface area contributed by atoms with Crippen molar-refractivity contribution >= 4 is 0 Å². The van der Waals surface area contributed by atoms with Gasteiger partial charge >= 0.3 is 0 Å². The average Bonchev–Trinajstić information content (AvgIpc) is 2.28. The Balaban J connectivity index is 3.04. The summed E-state index contributed by atoms with van der Waals surface area (Å²) in [6.45, 7) is 9.41. The number of hydrogen-bond acceptors (Lipinski definition) is 1. The van der Waals surface area contributed by atoms with Crippen LogP contribution in [0.4, 0.5) is 4.39 Å². The first-order valence-corrected chi connectivity index (χ1v) is 6.09. The highest BCUT2D eigenvalue weighted by Crippen LogP contribution is 2.27. The van der Waals surface area contributed by atoms with Crippen LogP contribution < -0.4 is 5.32 Å². The minimum atomic E-state index is -0.146. The quantitative estimate of drug-likeness (QED) is 0.800. The Morgan fingerprint density at radius 3 is 2.56 bits per heavy atom. The van der Waals surface area contributed by atoms with Gasteiger partial charge in [-0.15, -0.1) is 0 Å². The number of halogens is 1. The molecule has 0 bridgehead atoms. The van der Waals surface area contributed by atoms with Gasteiger partial charge in [0, 0.05) is 6.04 Å². The van der Waals surface area contributed by atoms with E-state index in [2.05, 4.69) is 26.1 Å². The van der Waals surface area contributed by atoms with E-state index >= 15 is 0 Å². The van der Waals surface area contributed by atoms with Crippen LogP contribution in [0.3, 0.4) is 0 Å². The van der Waals surface area contributed by atoms with Crippen molar-refractivity contribution in [2.45, 2.75) is 40.2 Å². The molecule has 90 valence electrons. The first-order valence-electron chi connectivity index (χ1n) is 6.09. The van der Waals surface area contributed by atoms with Gasteiger partial charge in [-0.05, 0) is 42.6 Å². The number of aryl methyl sites for hydroxylation is 1. The summed E-state index contributed by atoms with van der Waals surface area (Å²) >= 11 is 0. The van der Waals surface area contributed by atoms with Crippen molar-refractivity contribution in [3.05, 3.63) is 35.1 Å². The first kappa shape index (κ1) is 13.2. The summed E-state index contributed by atoms with van der Waals surface area (Å²) in [6.07, 6.45) is 1.09. The van der Waals surface area contributed by atoms with Crippen LogP contribution in [0, 0.1) is 18.7 Å². The molecule has 0 radical (unpaired) electrons. The molecule has 1 aromatic rings. The molecule has 0 aliphatic heterocycles. The summed E-state index contributed by atoms with van der Waals surface area (Å²) in [5, 5.41) is 3.45. The topological polar surface area (TPSA) is 12.0 Å². The van der Waals surface area contributed by atoms with Gasteiger partial charge in [-0.3, -0.25) is 0 Å². The van der Waals surface area contributed by atoms with Crippen molar-refractivity contribution in [3.8, 4) is 0 Å². The van der Waals surface area contributed by atoms with Crippen LogP contribution in [0.1, 0.15) is 44.4 Å². The van der Waals surface area contributed by atoms with E-state index in [1.54, 1.807) is 6.07 Å². The monoisotopic (exact) mass is 223 g/mol. The lowest BCUT2D eigenvalue weighted by atomic mass is 9.90. The molecule has 0 fully saturated rings. The molecule has 2 heteroatoms. The highest BCUT2D eigenvalue weighted by Gasteiger charge is 2.18. The number of hydrogen-bond donors (Lipinski definition) is 1. The van der Waals surface area contributed by atoms with Gasteiger partial charge in [0.2, 0.25) is 0 Å². The van der Waals surface area contributed by atoms with E-state index in [9.17, 15) is 4.39 Å².